The van der Waals surface area contributed by atoms with E-state index in [4.69, 9.17) is 11.6 Å². The van der Waals surface area contributed by atoms with E-state index in [0.29, 0.717) is 15.5 Å². The summed E-state index contributed by atoms with van der Waals surface area (Å²) in [5.74, 6) is -0.372. The quantitative estimate of drug-likeness (QED) is 0.934. The summed E-state index contributed by atoms with van der Waals surface area (Å²) in [7, 11) is 0. The normalized spacial score (nSPS) is 13.5. The third kappa shape index (κ3) is 3.34. The summed E-state index contributed by atoms with van der Waals surface area (Å²) in [4.78, 5) is 0.678. The average molecular weight is 315 g/mol. The maximum Gasteiger partial charge on any atom is 0.126 e. The Bertz CT molecular complexity index is 609. The van der Waals surface area contributed by atoms with Gasteiger partial charge in [-0.1, -0.05) is 36.9 Å². The molecule has 1 N–H and O–H groups in total. The summed E-state index contributed by atoms with van der Waals surface area (Å²) >= 11 is 7.01. The molecule has 0 aliphatic rings. The van der Waals surface area contributed by atoms with Crippen molar-refractivity contribution in [2.24, 2.45) is 0 Å². The first-order chi connectivity index (χ1) is 9.29. The fourth-order valence-electron chi connectivity index (χ4n) is 1.94. The van der Waals surface area contributed by atoms with Crippen molar-refractivity contribution in [2.75, 3.05) is 0 Å². The lowest BCUT2D eigenvalue weighted by Crippen LogP contribution is -2.16. The Balaban J connectivity index is 2.27. The fourth-order valence-corrected chi connectivity index (χ4v) is 2.98. The number of aromatic nitrogens is 2. The van der Waals surface area contributed by atoms with Crippen LogP contribution in [0.15, 0.2) is 18.2 Å². The molecular formula is C14H16ClFN2OS. The second kappa shape index (κ2) is 5.76. The summed E-state index contributed by atoms with van der Waals surface area (Å²) in [6.07, 6.45) is -0.684. The minimum Gasteiger partial charge on any atom is -0.387 e. The lowest BCUT2D eigenvalue weighted by atomic mass is 9.89. The van der Waals surface area contributed by atoms with Crippen LogP contribution in [-0.2, 0) is 11.8 Å². The zero-order valence-corrected chi connectivity index (χ0v) is 13.1. The van der Waals surface area contributed by atoms with Crippen LogP contribution in [0, 0.1) is 5.82 Å². The third-order valence-electron chi connectivity index (χ3n) is 2.95. The van der Waals surface area contributed by atoms with Gasteiger partial charge in [-0.05, 0) is 35.3 Å². The van der Waals surface area contributed by atoms with Crippen LogP contribution in [-0.4, -0.2) is 14.7 Å². The molecule has 1 aromatic heterocycles. The molecule has 0 amide bonds. The fraction of sp³-hybridized carbons (Fsp3) is 0.429. The predicted octanol–water partition coefficient (Wildman–Crippen LogP) is 3.90. The van der Waals surface area contributed by atoms with Gasteiger partial charge in [0.05, 0.1) is 16.7 Å². The molecule has 20 heavy (non-hydrogen) atoms. The lowest BCUT2D eigenvalue weighted by molar-refractivity contribution is 0.178. The van der Waals surface area contributed by atoms with Gasteiger partial charge in [0.2, 0.25) is 0 Å². The van der Waals surface area contributed by atoms with Crippen molar-refractivity contribution in [1.29, 1.82) is 0 Å². The van der Waals surface area contributed by atoms with E-state index in [1.807, 2.05) is 20.8 Å². The minimum absolute atomic E-state index is 0.152. The molecule has 0 aliphatic carbocycles. The molecule has 1 heterocycles. The zero-order chi connectivity index (χ0) is 14.9. The van der Waals surface area contributed by atoms with Gasteiger partial charge in [-0.3, -0.25) is 0 Å². The van der Waals surface area contributed by atoms with Gasteiger partial charge in [0.1, 0.15) is 5.82 Å². The first-order valence-corrected chi connectivity index (χ1v) is 7.39. The largest absolute Gasteiger partial charge is 0.387 e. The van der Waals surface area contributed by atoms with E-state index in [9.17, 15) is 9.50 Å². The maximum atomic E-state index is 13.7. The molecule has 108 valence electrons. The Hall–Kier alpha value is -1.04. The highest BCUT2D eigenvalue weighted by Gasteiger charge is 2.26. The number of aliphatic hydroxyl groups is 1. The Morgan fingerprint density at radius 3 is 2.75 bits per heavy atom. The summed E-state index contributed by atoms with van der Waals surface area (Å²) in [5.41, 5.74) is 0.923. The predicted molar refractivity (Wildman–Crippen MR) is 78.7 cm³/mol. The number of halogens is 2. The summed E-state index contributed by atoms with van der Waals surface area (Å²) < 4.78 is 17.6. The van der Waals surface area contributed by atoms with E-state index in [2.05, 4.69) is 9.59 Å². The zero-order valence-electron chi connectivity index (χ0n) is 11.5. The van der Waals surface area contributed by atoms with Gasteiger partial charge in [0.15, 0.2) is 0 Å². The smallest absolute Gasteiger partial charge is 0.126 e. The van der Waals surface area contributed by atoms with Crippen LogP contribution in [0.25, 0.3) is 0 Å². The van der Waals surface area contributed by atoms with Gasteiger partial charge < -0.3 is 5.11 Å². The van der Waals surface area contributed by atoms with Crippen molar-refractivity contribution in [3.8, 4) is 0 Å². The summed E-state index contributed by atoms with van der Waals surface area (Å²) in [6, 6.07) is 4.33. The first kappa shape index (κ1) is 15.4. The number of hydrogen-bond acceptors (Lipinski definition) is 4. The van der Waals surface area contributed by atoms with Crippen molar-refractivity contribution in [3.63, 3.8) is 0 Å². The van der Waals surface area contributed by atoms with Crippen LogP contribution in [0.3, 0.4) is 0 Å². The van der Waals surface area contributed by atoms with E-state index in [1.54, 1.807) is 0 Å². The van der Waals surface area contributed by atoms with Crippen LogP contribution in [0.5, 0.6) is 0 Å². The van der Waals surface area contributed by atoms with Crippen LogP contribution < -0.4 is 0 Å². The number of hydrogen-bond donors (Lipinski definition) is 1. The Morgan fingerprint density at radius 1 is 1.40 bits per heavy atom. The third-order valence-corrected chi connectivity index (χ3v) is 4.01. The maximum absolute atomic E-state index is 13.7. The topological polar surface area (TPSA) is 46.0 Å². The standard InChI is InChI=1S/C14H16ClFN2OS/c1-14(2,3)13-12(20-18-17-13)11(19)7-8-6-9(15)4-5-10(8)16/h4-6,11,19H,7H2,1-3H3. The lowest BCUT2D eigenvalue weighted by Gasteiger charge is -2.19. The molecule has 1 aromatic carbocycles. The minimum atomic E-state index is -0.836. The second-order valence-corrected chi connectivity index (χ2v) is 6.91. The van der Waals surface area contributed by atoms with E-state index in [1.165, 1.54) is 18.2 Å². The van der Waals surface area contributed by atoms with Crippen LogP contribution in [0.1, 0.15) is 43.0 Å². The molecule has 0 radical (unpaired) electrons. The van der Waals surface area contributed by atoms with Crippen LogP contribution >= 0.6 is 23.1 Å². The SMILES string of the molecule is CC(C)(C)c1nnsc1C(O)Cc1cc(Cl)ccc1F. The Labute approximate surface area is 126 Å². The van der Waals surface area contributed by atoms with Crippen LogP contribution in [0.4, 0.5) is 4.39 Å². The van der Waals surface area contributed by atoms with Crippen LogP contribution in [0.2, 0.25) is 5.02 Å². The monoisotopic (exact) mass is 314 g/mol. The molecule has 3 nitrogen and oxygen atoms in total. The second-order valence-electron chi connectivity index (χ2n) is 5.69. The molecule has 0 saturated heterocycles. The molecule has 2 aromatic rings. The molecule has 0 bridgehead atoms. The number of rotatable bonds is 3. The van der Waals surface area contributed by atoms with E-state index in [0.717, 1.165) is 17.2 Å². The van der Waals surface area contributed by atoms with Gasteiger partial charge in [-0.15, -0.1) is 5.10 Å². The summed E-state index contributed by atoms with van der Waals surface area (Å²) in [6.45, 7) is 6.00. The van der Waals surface area contributed by atoms with E-state index in [-0.39, 0.29) is 17.7 Å². The van der Waals surface area contributed by atoms with Crippen molar-refractivity contribution < 1.29 is 9.50 Å². The molecule has 1 unspecified atom stereocenters. The molecular weight excluding hydrogens is 299 g/mol. The van der Waals surface area contributed by atoms with Gasteiger partial charge in [0.25, 0.3) is 0 Å². The van der Waals surface area contributed by atoms with E-state index >= 15 is 0 Å². The molecule has 6 heteroatoms. The average Bonchev–Trinajstić information content (AvgIpc) is 2.82. The number of nitrogens with zero attached hydrogens (tertiary/aromatic N) is 2. The van der Waals surface area contributed by atoms with Crippen molar-refractivity contribution in [3.05, 3.63) is 45.2 Å². The molecule has 0 saturated carbocycles. The number of benzene rings is 1. The number of aliphatic hydroxyl groups excluding tert-OH is 1. The highest BCUT2D eigenvalue weighted by molar-refractivity contribution is 7.05. The Morgan fingerprint density at radius 2 is 2.10 bits per heavy atom. The molecule has 0 aliphatic heterocycles. The molecule has 0 spiro atoms. The van der Waals surface area contributed by atoms with Gasteiger partial charge >= 0.3 is 0 Å². The molecule has 0 fully saturated rings. The van der Waals surface area contributed by atoms with Crippen molar-refractivity contribution >= 4 is 23.1 Å². The highest BCUT2D eigenvalue weighted by Crippen LogP contribution is 2.32. The van der Waals surface area contributed by atoms with E-state index < -0.39 is 6.10 Å². The first-order valence-electron chi connectivity index (χ1n) is 6.23. The molecule has 2 rings (SSSR count). The van der Waals surface area contributed by atoms with Crippen molar-refractivity contribution in [1.82, 2.24) is 9.59 Å². The van der Waals surface area contributed by atoms with Crippen molar-refractivity contribution in [2.45, 2.75) is 38.7 Å². The van der Waals surface area contributed by atoms with Gasteiger partial charge in [-0.2, -0.15) is 0 Å². The van der Waals surface area contributed by atoms with Gasteiger partial charge in [-0.25, -0.2) is 4.39 Å². The highest BCUT2D eigenvalue weighted by atomic mass is 35.5. The Kier molecular flexibility index (Phi) is 4.42. The van der Waals surface area contributed by atoms with Gasteiger partial charge in [0, 0.05) is 16.9 Å². The summed E-state index contributed by atoms with van der Waals surface area (Å²) in [5, 5.41) is 14.9. The molecule has 1 atom stereocenters.